The van der Waals surface area contributed by atoms with Gasteiger partial charge < -0.3 is 16.0 Å². The average molecular weight is 380 g/mol. The lowest BCUT2D eigenvalue weighted by Gasteiger charge is -2.33. The van der Waals surface area contributed by atoms with Crippen molar-refractivity contribution in [3.05, 3.63) is 41.5 Å². The Labute approximate surface area is 162 Å². The molecule has 1 aromatic rings. The normalized spacial score (nSPS) is 19.1. The zero-order valence-corrected chi connectivity index (χ0v) is 16.6. The smallest absolute Gasteiger partial charge is 0.248 e. The number of nitrogens with zero attached hydrogens (tertiary/aromatic N) is 1. The molecule has 0 aliphatic heterocycles. The molecule has 3 N–H and O–H groups in total. The van der Waals surface area contributed by atoms with Crippen LogP contribution in [0.4, 0.5) is 5.69 Å². The Morgan fingerprint density at radius 3 is 2.27 bits per heavy atom. The number of carbonyl (C=O) groups excluding carboxylic acids is 2. The van der Waals surface area contributed by atoms with E-state index in [1.54, 1.807) is 6.08 Å². The maximum atomic E-state index is 12.5. The summed E-state index contributed by atoms with van der Waals surface area (Å²) in [7, 11) is 1.89. The van der Waals surface area contributed by atoms with Crippen LogP contribution >= 0.6 is 12.4 Å². The van der Waals surface area contributed by atoms with E-state index in [1.165, 1.54) is 0 Å². The number of nitrogens with one attached hydrogen (secondary N) is 1. The van der Waals surface area contributed by atoms with Crippen molar-refractivity contribution >= 4 is 29.9 Å². The molecular formula is C20H30ClN3O2. The molecule has 0 spiro atoms. The Morgan fingerprint density at radius 1 is 1.15 bits per heavy atom. The lowest BCUT2D eigenvalue weighted by Crippen LogP contribution is -2.42. The van der Waals surface area contributed by atoms with Crippen LogP contribution in [0, 0.1) is 0 Å². The van der Waals surface area contributed by atoms with Crippen molar-refractivity contribution in [1.82, 2.24) is 4.90 Å². The van der Waals surface area contributed by atoms with E-state index >= 15 is 0 Å². The minimum atomic E-state index is -0.140. The van der Waals surface area contributed by atoms with E-state index in [0.29, 0.717) is 12.5 Å². The van der Waals surface area contributed by atoms with E-state index in [2.05, 4.69) is 5.32 Å². The maximum absolute atomic E-state index is 12.5. The predicted molar refractivity (Wildman–Crippen MR) is 108 cm³/mol. The van der Waals surface area contributed by atoms with E-state index in [0.717, 1.165) is 42.5 Å². The van der Waals surface area contributed by atoms with Crippen molar-refractivity contribution in [3.8, 4) is 0 Å². The molecule has 2 rings (SSSR count). The Kier molecular flexibility index (Phi) is 8.82. The van der Waals surface area contributed by atoms with Gasteiger partial charge in [-0.25, -0.2) is 0 Å². The molecule has 1 aliphatic rings. The van der Waals surface area contributed by atoms with Crippen LogP contribution in [0.15, 0.2) is 35.9 Å². The Bertz CT molecular complexity index is 631. The third-order valence-corrected chi connectivity index (χ3v) is 4.68. The highest BCUT2D eigenvalue weighted by Gasteiger charge is 2.24. The van der Waals surface area contributed by atoms with Gasteiger partial charge in [0, 0.05) is 30.9 Å². The van der Waals surface area contributed by atoms with Crippen LogP contribution in [0.25, 0.3) is 0 Å². The average Bonchev–Trinajstić information content (AvgIpc) is 2.56. The summed E-state index contributed by atoms with van der Waals surface area (Å²) >= 11 is 0. The maximum Gasteiger partial charge on any atom is 0.248 e. The molecule has 1 saturated carbocycles. The van der Waals surface area contributed by atoms with Gasteiger partial charge in [-0.15, -0.1) is 12.4 Å². The standard InChI is InChI=1S/C20H29N3O2.ClH/c1-14(2)12-19(24)22-17-8-4-15(5-9-17)13-20(25)23(3)18-10-6-16(21)7-11-18;/h4-5,8-9,12,16,18H,6-7,10-11,13,21H2,1-3H3,(H,22,24);1H. The van der Waals surface area contributed by atoms with Crippen molar-refractivity contribution < 1.29 is 9.59 Å². The minimum Gasteiger partial charge on any atom is -0.342 e. The molecule has 5 nitrogen and oxygen atoms in total. The first-order valence-corrected chi connectivity index (χ1v) is 8.91. The summed E-state index contributed by atoms with van der Waals surface area (Å²) in [6, 6.07) is 8.03. The molecule has 0 heterocycles. The quantitative estimate of drug-likeness (QED) is 0.771. The predicted octanol–water partition coefficient (Wildman–Crippen LogP) is 3.28. The lowest BCUT2D eigenvalue weighted by molar-refractivity contribution is -0.131. The number of nitrogens with two attached hydrogens (primary N) is 1. The van der Waals surface area contributed by atoms with E-state index < -0.39 is 0 Å². The fourth-order valence-electron chi connectivity index (χ4n) is 3.14. The van der Waals surface area contributed by atoms with E-state index in [4.69, 9.17) is 5.73 Å². The summed E-state index contributed by atoms with van der Waals surface area (Å²) in [6.45, 7) is 3.76. The highest BCUT2D eigenvalue weighted by molar-refractivity contribution is 5.99. The molecule has 0 atom stereocenters. The van der Waals surface area contributed by atoms with Crippen LogP contribution < -0.4 is 11.1 Å². The van der Waals surface area contributed by atoms with Gasteiger partial charge in [0.05, 0.1) is 6.42 Å². The van der Waals surface area contributed by atoms with E-state index in [1.807, 2.05) is 50.1 Å². The Balaban J connectivity index is 0.00000338. The molecule has 1 fully saturated rings. The fourth-order valence-corrected chi connectivity index (χ4v) is 3.14. The first-order valence-electron chi connectivity index (χ1n) is 8.91. The van der Waals surface area contributed by atoms with Crippen molar-refractivity contribution in [1.29, 1.82) is 0 Å². The van der Waals surface area contributed by atoms with Crippen LogP contribution in [0.1, 0.15) is 45.1 Å². The first-order chi connectivity index (χ1) is 11.8. The Morgan fingerprint density at radius 2 is 1.73 bits per heavy atom. The molecule has 0 saturated heterocycles. The number of carbonyl (C=O) groups is 2. The second kappa shape index (κ2) is 10.3. The molecule has 1 aliphatic carbocycles. The second-order valence-electron chi connectivity index (χ2n) is 7.16. The third-order valence-electron chi connectivity index (χ3n) is 4.68. The van der Waals surface area contributed by atoms with Gasteiger partial charge in [-0.05, 0) is 57.2 Å². The minimum absolute atomic E-state index is 0. The first kappa shape index (κ1) is 22.2. The van der Waals surface area contributed by atoms with Gasteiger partial charge in [0.1, 0.15) is 0 Å². The van der Waals surface area contributed by atoms with E-state index in [-0.39, 0.29) is 30.3 Å². The third kappa shape index (κ3) is 6.81. The molecule has 1 aromatic carbocycles. The van der Waals surface area contributed by atoms with Crippen LogP contribution in [0.3, 0.4) is 0 Å². The molecule has 26 heavy (non-hydrogen) atoms. The molecule has 2 amide bonds. The highest BCUT2D eigenvalue weighted by Crippen LogP contribution is 2.22. The number of amides is 2. The summed E-state index contributed by atoms with van der Waals surface area (Å²) in [4.78, 5) is 26.1. The van der Waals surface area contributed by atoms with Crippen LogP contribution in [-0.2, 0) is 16.0 Å². The van der Waals surface area contributed by atoms with Crippen molar-refractivity contribution in [3.63, 3.8) is 0 Å². The monoisotopic (exact) mass is 379 g/mol. The zero-order valence-electron chi connectivity index (χ0n) is 15.8. The number of benzene rings is 1. The van der Waals surface area contributed by atoms with Gasteiger partial charge in [0.25, 0.3) is 0 Å². The molecular weight excluding hydrogens is 350 g/mol. The van der Waals surface area contributed by atoms with Crippen molar-refractivity contribution in [2.24, 2.45) is 5.73 Å². The topological polar surface area (TPSA) is 75.4 Å². The number of hydrogen-bond donors (Lipinski definition) is 2. The van der Waals surface area contributed by atoms with Crippen LogP contribution in [0.2, 0.25) is 0 Å². The SMILES string of the molecule is CC(C)=CC(=O)Nc1ccc(CC(=O)N(C)C2CCC(N)CC2)cc1.Cl. The molecule has 0 aromatic heterocycles. The number of rotatable bonds is 5. The number of anilines is 1. The Hall–Kier alpha value is -1.85. The van der Waals surface area contributed by atoms with Crippen molar-refractivity contribution in [2.45, 2.75) is 58.0 Å². The number of halogens is 1. The molecule has 144 valence electrons. The fraction of sp³-hybridized carbons (Fsp3) is 0.500. The lowest BCUT2D eigenvalue weighted by atomic mass is 9.91. The van der Waals surface area contributed by atoms with Gasteiger partial charge in [-0.3, -0.25) is 9.59 Å². The summed E-state index contributed by atoms with van der Waals surface area (Å²) in [5.41, 5.74) is 8.56. The largest absolute Gasteiger partial charge is 0.342 e. The number of allylic oxidation sites excluding steroid dienone is 1. The zero-order chi connectivity index (χ0) is 18.4. The number of hydrogen-bond acceptors (Lipinski definition) is 3. The summed E-state index contributed by atoms with van der Waals surface area (Å²) in [6.07, 6.45) is 5.88. The van der Waals surface area contributed by atoms with Gasteiger partial charge >= 0.3 is 0 Å². The number of likely N-dealkylation sites (N-methyl/N-ethyl adjacent to an activating group) is 1. The molecule has 0 radical (unpaired) electrons. The van der Waals surface area contributed by atoms with Crippen LogP contribution in [-0.4, -0.2) is 35.8 Å². The highest BCUT2D eigenvalue weighted by atomic mass is 35.5. The van der Waals surface area contributed by atoms with Crippen molar-refractivity contribution in [2.75, 3.05) is 12.4 Å². The van der Waals surface area contributed by atoms with Gasteiger partial charge in [0.2, 0.25) is 11.8 Å². The molecule has 0 bridgehead atoms. The van der Waals surface area contributed by atoms with Gasteiger partial charge in [0.15, 0.2) is 0 Å². The summed E-state index contributed by atoms with van der Waals surface area (Å²) < 4.78 is 0. The second-order valence-corrected chi connectivity index (χ2v) is 7.16. The van der Waals surface area contributed by atoms with Gasteiger partial charge in [-0.2, -0.15) is 0 Å². The van der Waals surface area contributed by atoms with Crippen LogP contribution in [0.5, 0.6) is 0 Å². The summed E-state index contributed by atoms with van der Waals surface area (Å²) in [5, 5.41) is 2.81. The molecule has 0 unspecified atom stereocenters. The van der Waals surface area contributed by atoms with E-state index in [9.17, 15) is 9.59 Å². The molecule has 6 heteroatoms. The summed E-state index contributed by atoms with van der Waals surface area (Å²) in [5.74, 6) is -0.0131. The van der Waals surface area contributed by atoms with Gasteiger partial charge in [-0.1, -0.05) is 17.7 Å².